The van der Waals surface area contributed by atoms with E-state index in [9.17, 15) is 9.90 Å². The summed E-state index contributed by atoms with van der Waals surface area (Å²) in [7, 11) is 0. The van der Waals surface area contributed by atoms with Gasteiger partial charge in [0.2, 0.25) is 0 Å². The topological polar surface area (TPSA) is 43.8 Å². The molecule has 102 valence electrons. The highest BCUT2D eigenvalue weighted by molar-refractivity contribution is 5.84. The summed E-state index contributed by atoms with van der Waals surface area (Å²) < 4.78 is 0. The van der Waals surface area contributed by atoms with Crippen LogP contribution in [0.25, 0.3) is 0 Å². The standard InChI is InChI=1S/C7H13NO.C7H11NO/c2*9-7-5-8-3-1-6(7)2-4-8/h6-7,9H,1-5H2;6H,1-5H2/t7-;/m0./s1. The van der Waals surface area contributed by atoms with Crippen molar-refractivity contribution >= 4 is 5.78 Å². The molecule has 6 rings (SSSR count). The average Bonchev–Trinajstić information content (AvgIpc) is 2.41. The van der Waals surface area contributed by atoms with E-state index in [-0.39, 0.29) is 6.10 Å². The molecular formula is C14H24N2O2. The molecule has 0 unspecified atom stereocenters. The Morgan fingerprint density at radius 2 is 1.56 bits per heavy atom. The smallest absolute Gasteiger partial charge is 0.149 e. The molecule has 0 radical (unpaired) electrons. The van der Waals surface area contributed by atoms with E-state index in [1.165, 1.54) is 25.9 Å². The highest BCUT2D eigenvalue weighted by atomic mass is 16.3. The van der Waals surface area contributed by atoms with Gasteiger partial charge in [0.25, 0.3) is 0 Å². The van der Waals surface area contributed by atoms with Crippen molar-refractivity contribution in [2.75, 3.05) is 39.3 Å². The molecule has 4 heteroatoms. The van der Waals surface area contributed by atoms with Crippen molar-refractivity contribution in [2.45, 2.75) is 31.8 Å². The molecular weight excluding hydrogens is 228 g/mol. The van der Waals surface area contributed by atoms with Crippen molar-refractivity contribution in [3.8, 4) is 0 Å². The Morgan fingerprint density at radius 1 is 0.944 bits per heavy atom. The largest absolute Gasteiger partial charge is 0.392 e. The zero-order valence-electron chi connectivity index (χ0n) is 11.1. The third-order valence-corrected chi connectivity index (χ3v) is 5.04. The Balaban J connectivity index is 0.000000111. The number of aliphatic hydroxyl groups excluding tert-OH is 1. The monoisotopic (exact) mass is 252 g/mol. The van der Waals surface area contributed by atoms with E-state index in [1.807, 2.05) is 0 Å². The molecule has 18 heavy (non-hydrogen) atoms. The summed E-state index contributed by atoms with van der Waals surface area (Å²) in [6.07, 6.45) is 4.69. The molecule has 1 N–H and O–H groups in total. The number of rotatable bonds is 0. The predicted molar refractivity (Wildman–Crippen MR) is 69.3 cm³/mol. The van der Waals surface area contributed by atoms with E-state index in [0.717, 1.165) is 39.0 Å². The van der Waals surface area contributed by atoms with Gasteiger partial charge in [0.15, 0.2) is 0 Å². The van der Waals surface area contributed by atoms with Gasteiger partial charge in [0.05, 0.1) is 12.6 Å². The fourth-order valence-electron chi connectivity index (χ4n) is 3.70. The highest BCUT2D eigenvalue weighted by Crippen LogP contribution is 2.27. The molecule has 0 aromatic rings. The lowest BCUT2D eigenvalue weighted by molar-refractivity contribution is -0.130. The van der Waals surface area contributed by atoms with Crippen LogP contribution in [0.4, 0.5) is 0 Å². The minimum absolute atomic E-state index is 0.00694. The Hall–Kier alpha value is -0.450. The normalized spacial score (nSPS) is 45.6. The number of hydrogen-bond donors (Lipinski definition) is 1. The third-order valence-electron chi connectivity index (χ3n) is 5.04. The molecule has 6 saturated heterocycles. The molecule has 0 amide bonds. The van der Waals surface area contributed by atoms with Gasteiger partial charge in [0, 0.05) is 12.5 Å². The lowest BCUT2D eigenvalue weighted by Crippen LogP contribution is -2.50. The molecule has 6 heterocycles. The number of Topliss-reactive ketones (excluding diaryl/α,β-unsaturated/α-hetero) is 1. The van der Waals surface area contributed by atoms with Gasteiger partial charge in [-0.25, -0.2) is 0 Å². The van der Waals surface area contributed by atoms with Gasteiger partial charge in [-0.3, -0.25) is 9.69 Å². The van der Waals surface area contributed by atoms with Gasteiger partial charge >= 0.3 is 0 Å². The lowest BCUT2D eigenvalue weighted by atomic mass is 9.86. The van der Waals surface area contributed by atoms with Crippen LogP contribution in [-0.4, -0.2) is 66.1 Å². The lowest BCUT2D eigenvalue weighted by Gasteiger charge is -2.42. The van der Waals surface area contributed by atoms with Gasteiger partial charge in [-0.15, -0.1) is 0 Å². The average molecular weight is 252 g/mol. The first kappa shape index (κ1) is 12.6. The molecule has 0 spiro atoms. The van der Waals surface area contributed by atoms with E-state index in [4.69, 9.17) is 0 Å². The minimum Gasteiger partial charge on any atom is -0.392 e. The van der Waals surface area contributed by atoms with E-state index < -0.39 is 0 Å². The fourth-order valence-corrected chi connectivity index (χ4v) is 3.70. The third kappa shape index (κ3) is 2.60. The quantitative estimate of drug-likeness (QED) is 0.676. The molecule has 4 bridgehead atoms. The SMILES string of the molecule is O=C1CN2CCC1CC2.O[C@H]1CN2CCC1CC2. The van der Waals surface area contributed by atoms with Crippen molar-refractivity contribution in [3.63, 3.8) is 0 Å². The van der Waals surface area contributed by atoms with Crippen LogP contribution in [0.1, 0.15) is 25.7 Å². The second kappa shape index (κ2) is 5.27. The molecule has 0 aromatic heterocycles. The number of fused-ring (bicyclic) bond motifs is 6. The van der Waals surface area contributed by atoms with Crippen LogP contribution >= 0.6 is 0 Å². The van der Waals surface area contributed by atoms with Crippen molar-refractivity contribution in [1.82, 2.24) is 9.80 Å². The van der Waals surface area contributed by atoms with Crippen molar-refractivity contribution < 1.29 is 9.90 Å². The summed E-state index contributed by atoms with van der Waals surface area (Å²) in [5, 5.41) is 9.36. The first-order chi connectivity index (χ1) is 8.72. The Morgan fingerprint density at radius 3 is 1.78 bits per heavy atom. The van der Waals surface area contributed by atoms with Gasteiger partial charge in [-0.1, -0.05) is 0 Å². The minimum atomic E-state index is -0.00694. The summed E-state index contributed by atoms with van der Waals surface area (Å²) in [6, 6.07) is 0. The van der Waals surface area contributed by atoms with Crippen LogP contribution in [0, 0.1) is 11.8 Å². The van der Waals surface area contributed by atoms with Gasteiger partial charge in [0.1, 0.15) is 5.78 Å². The van der Waals surface area contributed by atoms with Crippen LogP contribution < -0.4 is 0 Å². The molecule has 0 aliphatic carbocycles. The number of ketones is 1. The Labute approximate surface area is 109 Å². The molecule has 0 saturated carbocycles. The van der Waals surface area contributed by atoms with E-state index >= 15 is 0 Å². The van der Waals surface area contributed by atoms with E-state index in [1.54, 1.807) is 0 Å². The second-order valence-corrected chi connectivity index (χ2v) is 6.22. The number of piperidine rings is 6. The van der Waals surface area contributed by atoms with Crippen LogP contribution in [0.2, 0.25) is 0 Å². The zero-order valence-corrected chi connectivity index (χ0v) is 11.1. The van der Waals surface area contributed by atoms with Crippen LogP contribution in [0.5, 0.6) is 0 Å². The summed E-state index contributed by atoms with van der Waals surface area (Å²) in [6.45, 7) is 6.45. The predicted octanol–water partition coefficient (Wildman–Crippen LogP) is 0.354. The van der Waals surface area contributed by atoms with Crippen molar-refractivity contribution in [1.29, 1.82) is 0 Å². The van der Waals surface area contributed by atoms with Crippen LogP contribution in [0.15, 0.2) is 0 Å². The Kier molecular flexibility index (Phi) is 3.68. The summed E-state index contributed by atoms with van der Waals surface area (Å²) in [5.74, 6) is 1.55. The molecule has 6 aliphatic rings. The summed E-state index contributed by atoms with van der Waals surface area (Å²) in [4.78, 5) is 15.6. The van der Waals surface area contributed by atoms with Crippen LogP contribution in [0.3, 0.4) is 0 Å². The number of nitrogens with zero attached hydrogens (tertiary/aromatic N) is 2. The van der Waals surface area contributed by atoms with E-state index in [2.05, 4.69) is 9.80 Å². The molecule has 0 aromatic carbocycles. The molecule has 4 nitrogen and oxygen atoms in total. The van der Waals surface area contributed by atoms with Gasteiger partial charge < -0.3 is 10.0 Å². The maximum Gasteiger partial charge on any atom is 0.149 e. The summed E-state index contributed by atoms with van der Waals surface area (Å²) >= 11 is 0. The first-order valence-corrected chi connectivity index (χ1v) is 7.38. The van der Waals surface area contributed by atoms with Gasteiger partial charge in [-0.05, 0) is 57.8 Å². The molecule has 6 fully saturated rings. The number of aliphatic hydroxyl groups is 1. The zero-order chi connectivity index (χ0) is 12.5. The van der Waals surface area contributed by atoms with Crippen molar-refractivity contribution in [3.05, 3.63) is 0 Å². The van der Waals surface area contributed by atoms with Crippen molar-refractivity contribution in [2.24, 2.45) is 11.8 Å². The number of hydrogen-bond acceptors (Lipinski definition) is 4. The number of carbonyl (C=O) groups excluding carboxylic acids is 1. The highest BCUT2D eigenvalue weighted by Gasteiger charge is 2.32. The first-order valence-electron chi connectivity index (χ1n) is 7.38. The maximum absolute atomic E-state index is 11.0. The second-order valence-electron chi connectivity index (χ2n) is 6.22. The summed E-state index contributed by atoms with van der Waals surface area (Å²) in [5.41, 5.74) is 0. The molecule has 6 aliphatic heterocycles. The maximum atomic E-state index is 11.0. The van der Waals surface area contributed by atoms with E-state index in [0.29, 0.717) is 17.6 Å². The Bertz CT molecular complexity index is 305. The van der Waals surface area contributed by atoms with Crippen LogP contribution in [-0.2, 0) is 4.79 Å². The van der Waals surface area contributed by atoms with Gasteiger partial charge in [-0.2, -0.15) is 0 Å². The number of carbonyl (C=O) groups is 1. The fraction of sp³-hybridized carbons (Fsp3) is 0.929. The molecule has 1 atom stereocenters.